The van der Waals surface area contributed by atoms with Crippen LogP contribution >= 0.6 is 0 Å². The normalized spacial score (nSPS) is 42.1. The zero-order chi connectivity index (χ0) is 10.2. The Morgan fingerprint density at radius 1 is 1.64 bits per heavy atom. The van der Waals surface area contributed by atoms with Crippen LogP contribution in [-0.2, 0) is 4.79 Å². The number of hydrogen-bond acceptors (Lipinski definition) is 2. The van der Waals surface area contributed by atoms with Crippen molar-refractivity contribution in [1.29, 1.82) is 0 Å². The van der Waals surface area contributed by atoms with Gasteiger partial charge in [-0.15, -0.1) is 0 Å². The first-order valence-electron chi connectivity index (χ1n) is 5.73. The molecule has 0 radical (unpaired) electrons. The van der Waals surface area contributed by atoms with Gasteiger partial charge in [-0.1, -0.05) is 6.92 Å². The summed E-state index contributed by atoms with van der Waals surface area (Å²) in [5, 5.41) is 0. The standard InChI is InChI=1S/C12H19NO/c1-9-5-11-3-4-12(9,7-11)6-10(2)13-8-14/h9-11H,3-7H2,1-2H3. The highest BCUT2D eigenvalue weighted by molar-refractivity contribution is 5.33. The molecule has 0 aromatic heterocycles. The Balaban J connectivity index is 2.05. The van der Waals surface area contributed by atoms with Crippen molar-refractivity contribution >= 4 is 6.08 Å². The first kappa shape index (κ1) is 9.92. The zero-order valence-corrected chi connectivity index (χ0v) is 9.12. The van der Waals surface area contributed by atoms with E-state index in [1.165, 1.54) is 25.7 Å². The number of aliphatic imine (C=N–C) groups is 1. The van der Waals surface area contributed by atoms with Gasteiger partial charge in [0, 0.05) is 0 Å². The van der Waals surface area contributed by atoms with Gasteiger partial charge in [0.15, 0.2) is 0 Å². The van der Waals surface area contributed by atoms with Crippen molar-refractivity contribution in [3.05, 3.63) is 0 Å². The van der Waals surface area contributed by atoms with Crippen molar-refractivity contribution in [1.82, 2.24) is 0 Å². The number of fused-ring (bicyclic) bond motifs is 2. The van der Waals surface area contributed by atoms with Crippen LogP contribution in [0.15, 0.2) is 4.99 Å². The zero-order valence-electron chi connectivity index (χ0n) is 9.12. The lowest BCUT2D eigenvalue weighted by Gasteiger charge is -2.34. The molecule has 0 amide bonds. The summed E-state index contributed by atoms with van der Waals surface area (Å²) in [6, 6.07) is 0.173. The molecule has 0 heterocycles. The fourth-order valence-corrected chi connectivity index (χ4v) is 3.78. The monoisotopic (exact) mass is 193 g/mol. The highest BCUT2D eigenvalue weighted by atomic mass is 16.1. The number of rotatable bonds is 3. The Morgan fingerprint density at radius 3 is 2.93 bits per heavy atom. The smallest absolute Gasteiger partial charge is 0.211 e. The third-order valence-corrected chi connectivity index (χ3v) is 4.45. The van der Waals surface area contributed by atoms with Crippen molar-refractivity contribution in [3.63, 3.8) is 0 Å². The van der Waals surface area contributed by atoms with Gasteiger partial charge in [-0.3, -0.25) is 0 Å². The van der Waals surface area contributed by atoms with Crippen LogP contribution in [0.4, 0.5) is 0 Å². The molecule has 2 fully saturated rings. The lowest BCUT2D eigenvalue weighted by atomic mass is 9.72. The van der Waals surface area contributed by atoms with Gasteiger partial charge in [0.2, 0.25) is 6.08 Å². The van der Waals surface area contributed by atoms with E-state index >= 15 is 0 Å². The van der Waals surface area contributed by atoms with E-state index in [-0.39, 0.29) is 6.04 Å². The predicted octanol–water partition coefficient (Wildman–Crippen LogP) is 2.93. The summed E-state index contributed by atoms with van der Waals surface area (Å²) in [5.41, 5.74) is 0.518. The molecule has 0 aromatic rings. The van der Waals surface area contributed by atoms with Crippen LogP contribution in [-0.4, -0.2) is 12.1 Å². The first-order chi connectivity index (χ1) is 6.66. The van der Waals surface area contributed by atoms with Gasteiger partial charge in [0.05, 0.1) is 6.04 Å². The summed E-state index contributed by atoms with van der Waals surface area (Å²) in [4.78, 5) is 14.0. The molecule has 2 aliphatic carbocycles. The van der Waals surface area contributed by atoms with E-state index in [0.717, 1.165) is 18.3 Å². The summed E-state index contributed by atoms with van der Waals surface area (Å²) < 4.78 is 0. The van der Waals surface area contributed by atoms with E-state index in [9.17, 15) is 4.79 Å². The Bertz CT molecular complexity index is 269. The van der Waals surface area contributed by atoms with Crippen molar-refractivity contribution in [3.8, 4) is 0 Å². The second-order valence-corrected chi connectivity index (χ2v) is 5.38. The largest absolute Gasteiger partial charge is 0.235 e. The molecular formula is C12H19NO. The van der Waals surface area contributed by atoms with Crippen molar-refractivity contribution in [2.75, 3.05) is 0 Å². The van der Waals surface area contributed by atoms with Crippen molar-refractivity contribution < 1.29 is 4.79 Å². The fraction of sp³-hybridized carbons (Fsp3) is 0.917. The average Bonchev–Trinajstić information content (AvgIpc) is 2.61. The molecule has 0 aliphatic heterocycles. The summed E-state index contributed by atoms with van der Waals surface area (Å²) in [6.45, 7) is 4.41. The second-order valence-electron chi connectivity index (χ2n) is 5.38. The van der Waals surface area contributed by atoms with E-state index in [0.29, 0.717) is 5.41 Å². The topological polar surface area (TPSA) is 29.4 Å². The summed E-state index contributed by atoms with van der Waals surface area (Å²) in [5.74, 6) is 1.81. The van der Waals surface area contributed by atoms with Crippen molar-refractivity contribution in [2.45, 2.75) is 52.0 Å². The molecule has 2 saturated carbocycles. The molecule has 4 unspecified atom stereocenters. The van der Waals surface area contributed by atoms with E-state index in [4.69, 9.17) is 0 Å². The van der Waals surface area contributed by atoms with Gasteiger partial charge >= 0.3 is 0 Å². The average molecular weight is 193 g/mol. The SMILES string of the molecule is CC(CC12CCC(CC1C)C2)N=C=O. The van der Waals surface area contributed by atoms with Crippen LogP contribution in [0, 0.1) is 17.3 Å². The molecular weight excluding hydrogens is 174 g/mol. The number of isocyanates is 1. The van der Waals surface area contributed by atoms with Crippen molar-refractivity contribution in [2.24, 2.45) is 22.2 Å². The minimum Gasteiger partial charge on any atom is -0.211 e. The molecule has 4 atom stereocenters. The molecule has 2 aliphatic rings. The lowest BCUT2D eigenvalue weighted by Crippen LogP contribution is -2.26. The molecule has 2 nitrogen and oxygen atoms in total. The molecule has 2 rings (SSSR count). The number of carbonyl (C=O) groups excluding carboxylic acids is 1. The minimum absolute atomic E-state index is 0.173. The number of nitrogens with zero attached hydrogens (tertiary/aromatic N) is 1. The van der Waals surface area contributed by atoms with E-state index in [1.54, 1.807) is 6.08 Å². The van der Waals surface area contributed by atoms with Gasteiger partial charge in [-0.05, 0) is 56.3 Å². The molecule has 14 heavy (non-hydrogen) atoms. The van der Waals surface area contributed by atoms with Gasteiger partial charge in [-0.25, -0.2) is 9.79 Å². The van der Waals surface area contributed by atoms with Crippen LogP contribution in [0.25, 0.3) is 0 Å². The predicted molar refractivity (Wildman–Crippen MR) is 55.8 cm³/mol. The molecule has 0 saturated heterocycles. The van der Waals surface area contributed by atoms with Gasteiger partial charge in [-0.2, -0.15) is 0 Å². The number of hydrogen-bond donors (Lipinski definition) is 0. The lowest BCUT2D eigenvalue weighted by molar-refractivity contribution is 0.174. The summed E-state index contributed by atoms with van der Waals surface area (Å²) in [6.07, 6.45) is 8.33. The maximum Gasteiger partial charge on any atom is 0.235 e. The minimum atomic E-state index is 0.173. The molecule has 0 aromatic carbocycles. The van der Waals surface area contributed by atoms with Crippen LogP contribution in [0.5, 0.6) is 0 Å². The second kappa shape index (κ2) is 3.51. The maximum absolute atomic E-state index is 10.2. The first-order valence-corrected chi connectivity index (χ1v) is 5.73. The summed E-state index contributed by atoms with van der Waals surface area (Å²) >= 11 is 0. The van der Waals surface area contributed by atoms with Crippen LogP contribution < -0.4 is 0 Å². The van der Waals surface area contributed by atoms with E-state index in [1.807, 2.05) is 6.92 Å². The summed E-state index contributed by atoms with van der Waals surface area (Å²) in [7, 11) is 0. The third kappa shape index (κ3) is 1.52. The highest BCUT2D eigenvalue weighted by Crippen LogP contribution is 2.59. The van der Waals surface area contributed by atoms with Crippen LogP contribution in [0.2, 0.25) is 0 Å². The quantitative estimate of drug-likeness (QED) is 0.500. The van der Waals surface area contributed by atoms with Gasteiger partial charge in [0.25, 0.3) is 0 Å². The molecule has 2 heteroatoms. The van der Waals surface area contributed by atoms with Gasteiger partial charge in [0.1, 0.15) is 0 Å². The Hall–Kier alpha value is -0.620. The Morgan fingerprint density at radius 2 is 2.43 bits per heavy atom. The Labute approximate surface area is 85.8 Å². The van der Waals surface area contributed by atoms with E-state index < -0.39 is 0 Å². The maximum atomic E-state index is 10.2. The molecule has 0 N–H and O–H groups in total. The molecule has 2 bridgehead atoms. The van der Waals surface area contributed by atoms with E-state index in [2.05, 4.69) is 11.9 Å². The Kier molecular flexibility index (Phi) is 2.48. The van der Waals surface area contributed by atoms with Gasteiger partial charge < -0.3 is 0 Å². The molecule has 78 valence electrons. The highest BCUT2D eigenvalue weighted by Gasteiger charge is 2.49. The molecule has 0 spiro atoms. The van der Waals surface area contributed by atoms with Crippen LogP contribution in [0.1, 0.15) is 46.0 Å². The van der Waals surface area contributed by atoms with Crippen LogP contribution in [0.3, 0.4) is 0 Å². The third-order valence-electron chi connectivity index (χ3n) is 4.45. The fourth-order valence-electron chi connectivity index (χ4n) is 3.78.